The minimum absolute atomic E-state index is 0.343. The smallest absolute Gasteiger partial charge is 0.330 e. The molecule has 0 aliphatic carbocycles. The molecule has 19 heavy (non-hydrogen) atoms. The van der Waals surface area contributed by atoms with Gasteiger partial charge in [0.25, 0.3) is 5.56 Å². The summed E-state index contributed by atoms with van der Waals surface area (Å²) in [4.78, 5) is 24.8. The Kier molecular flexibility index (Phi) is 4.29. The van der Waals surface area contributed by atoms with Crippen molar-refractivity contribution >= 4 is 27.5 Å². The first kappa shape index (κ1) is 14.5. The first-order chi connectivity index (χ1) is 8.90. The molecule has 1 aromatic heterocycles. The maximum atomic E-state index is 11.6. The van der Waals surface area contributed by atoms with Gasteiger partial charge in [-0.15, -0.1) is 11.6 Å². The quantitative estimate of drug-likeness (QED) is 0.785. The van der Waals surface area contributed by atoms with Crippen LogP contribution in [0.3, 0.4) is 0 Å². The molecular weight excluding hydrogens is 339 g/mol. The molecule has 2 N–H and O–H groups in total. The first-order valence-electron chi connectivity index (χ1n) is 5.53. The minimum Gasteiger partial charge on any atom is -0.385 e. The largest absolute Gasteiger partial charge is 0.385 e. The molecule has 104 valence electrons. The van der Waals surface area contributed by atoms with Crippen LogP contribution in [0.1, 0.15) is 12.6 Å². The van der Waals surface area contributed by atoms with Crippen molar-refractivity contribution in [1.29, 1.82) is 0 Å². The molecule has 8 heteroatoms. The van der Waals surface area contributed by atoms with Gasteiger partial charge in [-0.1, -0.05) is 22.5 Å². The molecule has 2 heterocycles. The second kappa shape index (κ2) is 5.62. The number of ether oxygens (including phenoxy) is 1. The summed E-state index contributed by atoms with van der Waals surface area (Å²) in [6.07, 6.45) is -0.579. The molecule has 1 saturated heterocycles. The number of aliphatic hydroxyl groups excluding tert-OH is 1. The van der Waals surface area contributed by atoms with Crippen LogP contribution in [0, 0.1) is 0 Å². The second-order valence-corrected chi connectivity index (χ2v) is 5.80. The summed E-state index contributed by atoms with van der Waals surface area (Å²) in [6.45, 7) is 3.57. The van der Waals surface area contributed by atoms with Crippen molar-refractivity contribution in [3.05, 3.63) is 44.2 Å². The van der Waals surface area contributed by atoms with E-state index >= 15 is 0 Å². The maximum Gasteiger partial charge on any atom is 0.330 e. The number of halogens is 2. The second-order valence-electron chi connectivity index (χ2n) is 4.22. The number of rotatable bonds is 3. The van der Waals surface area contributed by atoms with Gasteiger partial charge in [0, 0.05) is 23.2 Å². The van der Waals surface area contributed by atoms with Crippen molar-refractivity contribution < 1.29 is 9.84 Å². The van der Waals surface area contributed by atoms with Crippen molar-refractivity contribution in [2.24, 2.45) is 0 Å². The van der Waals surface area contributed by atoms with Gasteiger partial charge in [0.15, 0.2) is 0 Å². The SMILES string of the molecule is C=C(Br)C(O)[C@H]1O[C@@H](n2ccc(=O)[nH]c2=O)CC1Cl. The average Bonchev–Trinajstić information content (AvgIpc) is 2.69. The number of alkyl halides is 1. The highest BCUT2D eigenvalue weighted by atomic mass is 79.9. The van der Waals surface area contributed by atoms with E-state index < -0.39 is 35.1 Å². The molecule has 0 radical (unpaired) electrons. The summed E-state index contributed by atoms with van der Waals surface area (Å²) >= 11 is 9.19. The molecule has 1 fully saturated rings. The van der Waals surface area contributed by atoms with Gasteiger partial charge < -0.3 is 9.84 Å². The van der Waals surface area contributed by atoms with Crippen LogP contribution in [0.5, 0.6) is 0 Å². The summed E-state index contributed by atoms with van der Waals surface area (Å²) in [5.74, 6) is 0. The van der Waals surface area contributed by atoms with E-state index in [0.29, 0.717) is 10.9 Å². The predicted octanol–water partition coefficient (Wildman–Crippen LogP) is 0.701. The van der Waals surface area contributed by atoms with Crippen molar-refractivity contribution in [2.75, 3.05) is 0 Å². The highest BCUT2D eigenvalue weighted by molar-refractivity contribution is 9.11. The van der Waals surface area contributed by atoms with Crippen LogP contribution in [-0.2, 0) is 4.74 Å². The number of aromatic amines is 1. The fraction of sp³-hybridized carbons (Fsp3) is 0.455. The molecule has 1 aliphatic rings. The van der Waals surface area contributed by atoms with E-state index in [0.717, 1.165) is 0 Å². The van der Waals surface area contributed by atoms with Gasteiger partial charge in [-0.25, -0.2) is 4.79 Å². The summed E-state index contributed by atoms with van der Waals surface area (Å²) < 4.78 is 7.17. The van der Waals surface area contributed by atoms with Gasteiger partial charge in [0.05, 0.1) is 5.38 Å². The van der Waals surface area contributed by atoms with E-state index in [4.69, 9.17) is 16.3 Å². The Morgan fingerprint density at radius 1 is 1.68 bits per heavy atom. The molecule has 4 atom stereocenters. The molecule has 0 spiro atoms. The van der Waals surface area contributed by atoms with E-state index in [1.807, 2.05) is 0 Å². The zero-order valence-corrected chi connectivity index (χ0v) is 12.1. The van der Waals surface area contributed by atoms with Crippen LogP contribution in [-0.4, -0.2) is 32.2 Å². The average molecular weight is 352 g/mol. The zero-order valence-electron chi connectivity index (χ0n) is 9.75. The molecular formula is C11H12BrClN2O4. The Bertz CT molecular complexity index is 599. The van der Waals surface area contributed by atoms with Gasteiger partial charge in [-0.3, -0.25) is 14.3 Å². The van der Waals surface area contributed by atoms with E-state index in [1.54, 1.807) is 0 Å². The minimum atomic E-state index is -0.967. The number of nitrogens with one attached hydrogen (secondary N) is 1. The molecule has 0 saturated carbocycles. The number of hydrogen-bond donors (Lipinski definition) is 2. The summed E-state index contributed by atoms with van der Waals surface area (Å²) in [6, 6.07) is 1.22. The van der Waals surface area contributed by atoms with E-state index in [9.17, 15) is 14.7 Å². The summed E-state index contributed by atoms with van der Waals surface area (Å²) in [5, 5.41) is 9.41. The standard InChI is InChI=1S/C11H12BrClN2O4/c1-5(12)9(17)10-6(13)4-8(19-10)15-3-2-7(16)14-11(15)18/h2-3,6,8-10,17H,1,4H2,(H,14,16,18)/t6?,8-,9?,10+/m1/s1. The van der Waals surface area contributed by atoms with Gasteiger partial charge in [-0.2, -0.15) is 0 Å². The molecule has 0 aromatic carbocycles. The van der Waals surface area contributed by atoms with Gasteiger partial charge in [-0.05, 0) is 0 Å². The topological polar surface area (TPSA) is 84.3 Å². The van der Waals surface area contributed by atoms with Crippen molar-refractivity contribution in [3.63, 3.8) is 0 Å². The fourth-order valence-electron chi connectivity index (χ4n) is 1.93. The Hall–Kier alpha value is -0.890. The normalized spacial score (nSPS) is 28.3. The van der Waals surface area contributed by atoms with Crippen LogP contribution >= 0.6 is 27.5 Å². The first-order valence-corrected chi connectivity index (χ1v) is 6.76. The highest BCUT2D eigenvalue weighted by Gasteiger charge is 2.40. The molecule has 1 aromatic rings. The van der Waals surface area contributed by atoms with Crippen LogP contribution in [0.2, 0.25) is 0 Å². The lowest BCUT2D eigenvalue weighted by atomic mass is 10.1. The van der Waals surface area contributed by atoms with Crippen molar-refractivity contribution in [1.82, 2.24) is 9.55 Å². The predicted molar refractivity (Wildman–Crippen MR) is 73.6 cm³/mol. The lowest BCUT2D eigenvalue weighted by Gasteiger charge is -2.20. The number of aromatic nitrogens is 2. The number of nitrogens with zero attached hydrogens (tertiary/aromatic N) is 1. The van der Waals surface area contributed by atoms with Gasteiger partial charge in [0.2, 0.25) is 0 Å². The van der Waals surface area contributed by atoms with Crippen LogP contribution in [0.4, 0.5) is 0 Å². The Morgan fingerprint density at radius 3 is 2.95 bits per heavy atom. The maximum absolute atomic E-state index is 11.6. The monoisotopic (exact) mass is 350 g/mol. The van der Waals surface area contributed by atoms with E-state index in [-0.39, 0.29) is 0 Å². The lowest BCUT2D eigenvalue weighted by molar-refractivity contribution is -0.0459. The highest BCUT2D eigenvalue weighted by Crippen LogP contribution is 2.35. The third kappa shape index (κ3) is 3.00. The summed E-state index contributed by atoms with van der Waals surface area (Å²) in [7, 11) is 0. The molecule has 0 bridgehead atoms. The number of H-pyrrole nitrogens is 1. The zero-order chi connectivity index (χ0) is 14.2. The fourth-order valence-corrected chi connectivity index (χ4v) is 2.54. The van der Waals surface area contributed by atoms with Gasteiger partial charge >= 0.3 is 5.69 Å². The summed E-state index contributed by atoms with van der Waals surface area (Å²) in [5.41, 5.74) is -1.05. The van der Waals surface area contributed by atoms with Crippen molar-refractivity contribution in [3.8, 4) is 0 Å². The molecule has 6 nitrogen and oxygen atoms in total. The molecule has 1 aliphatic heterocycles. The Labute approximate surface area is 121 Å². The van der Waals surface area contributed by atoms with Crippen LogP contribution < -0.4 is 11.2 Å². The van der Waals surface area contributed by atoms with Crippen LogP contribution in [0.25, 0.3) is 0 Å². The Balaban J connectivity index is 2.23. The van der Waals surface area contributed by atoms with Gasteiger partial charge in [0.1, 0.15) is 18.4 Å². The van der Waals surface area contributed by atoms with Crippen molar-refractivity contribution in [2.45, 2.75) is 30.2 Å². The lowest BCUT2D eigenvalue weighted by Crippen LogP contribution is -2.34. The molecule has 2 rings (SSSR count). The molecule has 2 unspecified atom stereocenters. The third-order valence-electron chi connectivity index (χ3n) is 2.89. The number of aliphatic hydroxyl groups is 1. The van der Waals surface area contributed by atoms with E-state index in [2.05, 4.69) is 27.5 Å². The number of hydrogen-bond acceptors (Lipinski definition) is 4. The third-order valence-corrected chi connectivity index (χ3v) is 3.79. The van der Waals surface area contributed by atoms with Crippen LogP contribution in [0.15, 0.2) is 32.9 Å². The van der Waals surface area contributed by atoms with E-state index in [1.165, 1.54) is 16.8 Å². The molecule has 0 amide bonds. The Morgan fingerprint density at radius 2 is 2.37 bits per heavy atom.